The van der Waals surface area contributed by atoms with Gasteiger partial charge in [-0.2, -0.15) is 0 Å². The van der Waals surface area contributed by atoms with E-state index in [-0.39, 0.29) is 6.61 Å². The summed E-state index contributed by atoms with van der Waals surface area (Å²) in [7, 11) is -2.21. The zero-order valence-corrected chi connectivity index (χ0v) is 25.7. The maximum Gasteiger partial charge on any atom is 0.402 e. The minimum Gasteiger partial charge on any atom is -0.486 e. The van der Waals surface area contributed by atoms with Crippen LogP contribution in [0.15, 0.2) is 77.7 Å². The van der Waals surface area contributed by atoms with Gasteiger partial charge >= 0.3 is 6.09 Å². The Morgan fingerprint density at radius 1 is 1.12 bits per heavy atom. The van der Waals surface area contributed by atoms with Crippen molar-refractivity contribution in [1.29, 1.82) is 0 Å². The highest BCUT2D eigenvalue weighted by atomic mass is 28.3. The predicted molar refractivity (Wildman–Crippen MR) is 162 cm³/mol. The number of benzene rings is 2. The van der Waals surface area contributed by atoms with Gasteiger partial charge in [0.2, 0.25) is 0 Å². The minimum absolute atomic E-state index is 0.271. The zero-order chi connectivity index (χ0) is 29.7. The Bertz CT molecular complexity index is 1500. The van der Waals surface area contributed by atoms with Gasteiger partial charge in [-0.3, -0.25) is 4.98 Å². The van der Waals surface area contributed by atoms with Gasteiger partial charge in [0.1, 0.15) is 18.0 Å². The molecule has 2 N–H and O–H groups in total. The Hall–Kier alpha value is -3.99. The van der Waals surface area contributed by atoms with Crippen LogP contribution < -0.4 is 10.1 Å². The molecule has 9 nitrogen and oxygen atoms in total. The Labute approximate surface area is 248 Å². The van der Waals surface area contributed by atoms with E-state index in [0.717, 1.165) is 33.6 Å². The lowest BCUT2D eigenvalue weighted by molar-refractivity contribution is 0.0350. The second-order valence-corrected chi connectivity index (χ2v) is 14.5. The Morgan fingerprint density at radius 3 is 2.71 bits per heavy atom. The second kappa shape index (κ2) is 12.9. The third kappa shape index (κ3) is 7.44. The molecule has 2 aromatic carbocycles. The molecular formula is C32H38N4O5Si. The normalized spacial score (nSPS) is 15.6. The molecule has 0 saturated heterocycles. The average molecular weight is 587 g/mol. The maximum absolute atomic E-state index is 13.4. The molecule has 2 atom stereocenters. The fourth-order valence-corrected chi connectivity index (χ4v) is 7.98. The molecule has 220 valence electrons. The standard InChI is InChI=1S/C32H38N4O5Si/c1-22-29(40-21-35-22)19-39-27-12-11-25-20-42(36(18-26(25)15-27)31(38)41-32(2,3)4)30(37)17-33-16-23-8-7-9-24(14-23)28-10-5-6-13-34-28/h5-15,21,30,33,37,42H,16-20H2,1-4H3/t30-,42-/m0/s1. The van der Waals surface area contributed by atoms with Crippen molar-refractivity contribution in [2.45, 2.75) is 64.8 Å². The highest BCUT2D eigenvalue weighted by molar-refractivity contribution is 6.59. The first kappa shape index (κ1) is 29.5. The molecule has 0 spiro atoms. The molecule has 0 saturated carbocycles. The second-order valence-electron chi connectivity index (χ2n) is 11.6. The number of amides is 1. The summed E-state index contributed by atoms with van der Waals surface area (Å²) in [5.41, 5.74) is 4.65. The van der Waals surface area contributed by atoms with Gasteiger partial charge in [-0.25, -0.2) is 9.78 Å². The molecule has 5 rings (SSSR count). The Morgan fingerprint density at radius 2 is 1.98 bits per heavy atom. The van der Waals surface area contributed by atoms with Crippen LogP contribution in [0.25, 0.3) is 11.3 Å². The van der Waals surface area contributed by atoms with Gasteiger partial charge in [-0.15, -0.1) is 0 Å². The van der Waals surface area contributed by atoms with Crippen LogP contribution in [-0.4, -0.2) is 52.6 Å². The molecule has 1 aliphatic heterocycles. The SMILES string of the molecule is Cc1ncoc1COc1ccc2c(c1)CN(C(=O)OC(C)(C)C)[Si@H]([C@H](O)CNCc1cccc(-c3ccccn3)c1)C2. The summed E-state index contributed by atoms with van der Waals surface area (Å²) in [5, 5.41) is 14.8. The van der Waals surface area contributed by atoms with E-state index in [4.69, 9.17) is 13.9 Å². The number of aromatic nitrogens is 2. The molecule has 0 bridgehead atoms. The number of hydrogen-bond donors (Lipinski definition) is 2. The molecule has 42 heavy (non-hydrogen) atoms. The molecule has 10 heteroatoms. The van der Waals surface area contributed by atoms with E-state index in [0.29, 0.717) is 37.2 Å². The lowest BCUT2D eigenvalue weighted by atomic mass is 10.1. The average Bonchev–Trinajstić information content (AvgIpc) is 3.39. The summed E-state index contributed by atoms with van der Waals surface area (Å²) in [5.74, 6) is 1.36. The zero-order valence-electron chi connectivity index (χ0n) is 24.5. The van der Waals surface area contributed by atoms with Crippen molar-refractivity contribution in [3.8, 4) is 17.0 Å². The number of hydrogen-bond acceptors (Lipinski definition) is 8. The van der Waals surface area contributed by atoms with E-state index >= 15 is 0 Å². The van der Waals surface area contributed by atoms with Gasteiger partial charge in [0.05, 0.1) is 17.1 Å². The van der Waals surface area contributed by atoms with Crippen molar-refractivity contribution in [1.82, 2.24) is 19.9 Å². The van der Waals surface area contributed by atoms with Crippen molar-refractivity contribution in [2.24, 2.45) is 0 Å². The molecule has 0 aliphatic carbocycles. The van der Waals surface area contributed by atoms with E-state index in [1.165, 1.54) is 6.39 Å². The first-order valence-electron chi connectivity index (χ1n) is 14.2. The smallest absolute Gasteiger partial charge is 0.402 e. The fraction of sp³-hybridized carbons (Fsp3) is 0.344. The van der Waals surface area contributed by atoms with Gasteiger partial charge in [0, 0.05) is 31.4 Å². The first-order chi connectivity index (χ1) is 20.2. The first-order valence-corrected chi connectivity index (χ1v) is 16.2. The van der Waals surface area contributed by atoms with Crippen LogP contribution >= 0.6 is 0 Å². The number of aliphatic hydroxyl groups excluding tert-OH is 1. The lowest BCUT2D eigenvalue weighted by Gasteiger charge is -2.39. The molecule has 0 fully saturated rings. The van der Waals surface area contributed by atoms with Crippen LogP contribution in [0.5, 0.6) is 5.75 Å². The number of nitrogens with zero attached hydrogens (tertiary/aromatic N) is 3. The number of nitrogens with one attached hydrogen (secondary N) is 1. The van der Waals surface area contributed by atoms with Crippen molar-refractivity contribution in [2.75, 3.05) is 6.54 Å². The number of rotatable bonds is 9. The van der Waals surface area contributed by atoms with Gasteiger partial charge in [0.15, 0.2) is 21.1 Å². The van der Waals surface area contributed by atoms with Crippen LogP contribution in [0.2, 0.25) is 0 Å². The quantitative estimate of drug-likeness (QED) is 0.268. The molecule has 2 aromatic heterocycles. The van der Waals surface area contributed by atoms with Crippen molar-refractivity contribution < 1.29 is 23.8 Å². The van der Waals surface area contributed by atoms with E-state index < -0.39 is 26.4 Å². The van der Waals surface area contributed by atoms with Crippen LogP contribution in [0.1, 0.15) is 48.9 Å². The fourth-order valence-electron chi connectivity index (χ4n) is 5.03. The highest BCUT2D eigenvalue weighted by Crippen LogP contribution is 2.29. The third-order valence-corrected chi connectivity index (χ3v) is 10.4. The molecule has 0 unspecified atom stereocenters. The molecule has 4 aromatic rings. The maximum atomic E-state index is 13.4. The van der Waals surface area contributed by atoms with Gasteiger partial charge < -0.3 is 28.9 Å². The number of pyridine rings is 1. The third-order valence-electron chi connectivity index (χ3n) is 7.20. The summed E-state index contributed by atoms with van der Waals surface area (Å²) in [6.45, 7) is 9.04. The van der Waals surface area contributed by atoms with E-state index in [2.05, 4.69) is 27.4 Å². The van der Waals surface area contributed by atoms with E-state index in [1.807, 2.05) is 76.2 Å². The topological polar surface area (TPSA) is 110 Å². The van der Waals surface area contributed by atoms with Crippen LogP contribution in [0, 0.1) is 6.92 Å². The molecule has 1 amide bonds. The monoisotopic (exact) mass is 586 g/mol. The summed E-state index contributed by atoms with van der Waals surface area (Å²) in [6.07, 6.45) is 2.80. The number of aliphatic hydroxyl groups is 1. The summed E-state index contributed by atoms with van der Waals surface area (Å²) < 4.78 is 18.9. The summed E-state index contributed by atoms with van der Waals surface area (Å²) in [4.78, 5) is 21.9. The van der Waals surface area contributed by atoms with Gasteiger partial charge in [0.25, 0.3) is 0 Å². The number of carbonyl (C=O) groups is 1. The largest absolute Gasteiger partial charge is 0.486 e. The lowest BCUT2D eigenvalue weighted by Crippen LogP contribution is -2.58. The number of carbonyl (C=O) groups excluding carboxylic acids is 1. The Balaban J connectivity index is 1.27. The van der Waals surface area contributed by atoms with E-state index in [1.54, 1.807) is 10.8 Å². The predicted octanol–water partition coefficient (Wildman–Crippen LogP) is 4.87. The van der Waals surface area contributed by atoms with Crippen molar-refractivity contribution >= 4 is 15.1 Å². The summed E-state index contributed by atoms with van der Waals surface area (Å²) >= 11 is 0. The van der Waals surface area contributed by atoms with Crippen molar-refractivity contribution in [3.05, 3.63) is 101 Å². The number of oxazole rings is 1. The van der Waals surface area contributed by atoms with Crippen molar-refractivity contribution in [3.63, 3.8) is 0 Å². The van der Waals surface area contributed by atoms with E-state index in [9.17, 15) is 9.90 Å². The number of ether oxygens (including phenoxy) is 2. The highest BCUT2D eigenvalue weighted by Gasteiger charge is 2.38. The van der Waals surface area contributed by atoms with Crippen LogP contribution in [0.4, 0.5) is 4.79 Å². The Kier molecular flexibility index (Phi) is 9.05. The minimum atomic E-state index is -2.21. The van der Waals surface area contributed by atoms with Crippen LogP contribution in [0.3, 0.4) is 0 Å². The number of aryl methyl sites for hydroxylation is 1. The number of fused-ring (bicyclic) bond motifs is 1. The van der Waals surface area contributed by atoms with Gasteiger partial charge in [-0.1, -0.05) is 30.3 Å². The molecule has 0 radical (unpaired) electrons. The molecule has 3 heterocycles. The van der Waals surface area contributed by atoms with Crippen LogP contribution in [-0.2, 0) is 30.5 Å². The summed E-state index contributed by atoms with van der Waals surface area (Å²) in [6, 6.07) is 20.6. The molecular weight excluding hydrogens is 548 g/mol. The van der Waals surface area contributed by atoms with Gasteiger partial charge in [-0.05, 0) is 80.8 Å². The molecule has 1 aliphatic rings.